The molecule has 2 heterocycles. The van der Waals surface area contributed by atoms with Crippen molar-refractivity contribution >= 4 is 40.9 Å². The van der Waals surface area contributed by atoms with Crippen LogP contribution in [0.25, 0.3) is 0 Å². The first kappa shape index (κ1) is 29.3. The smallest absolute Gasteiger partial charge is 0.433 e. The van der Waals surface area contributed by atoms with Gasteiger partial charge in [-0.25, -0.2) is 4.39 Å². The molecule has 1 amide bonds. The van der Waals surface area contributed by atoms with Gasteiger partial charge in [-0.05, 0) is 52.4 Å². The minimum absolute atomic E-state index is 0.130. The lowest BCUT2D eigenvalue weighted by Crippen LogP contribution is -2.52. The van der Waals surface area contributed by atoms with Gasteiger partial charge >= 0.3 is 12.1 Å². The molecule has 212 valence electrons. The van der Waals surface area contributed by atoms with Crippen molar-refractivity contribution in [2.45, 2.75) is 69.8 Å². The van der Waals surface area contributed by atoms with Crippen molar-refractivity contribution in [3.05, 3.63) is 45.5 Å². The number of carbonyl (C=O) groups excluding carboxylic acids is 2. The van der Waals surface area contributed by atoms with Gasteiger partial charge in [-0.15, -0.1) is 0 Å². The molecule has 0 aromatic carbocycles. The van der Waals surface area contributed by atoms with E-state index in [1.807, 2.05) is 0 Å². The Morgan fingerprint density at radius 1 is 1.00 bits per heavy atom. The maximum atomic E-state index is 14.7. The van der Waals surface area contributed by atoms with Crippen LogP contribution in [-0.2, 0) is 16.5 Å². The van der Waals surface area contributed by atoms with E-state index in [9.17, 15) is 37.1 Å². The summed E-state index contributed by atoms with van der Waals surface area (Å²) in [5.41, 5.74) is -6.49. The monoisotopic (exact) mass is 592 g/mol. The summed E-state index contributed by atoms with van der Waals surface area (Å²) in [6, 6.07) is 0. The molecule has 1 N–H and O–H groups in total. The summed E-state index contributed by atoms with van der Waals surface area (Å²) in [6.45, 7) is 0.739. The van der Waals surface area contributed by atoms with Crippen LogP contribution in [0.1, 0.15) is 78.8 Å². The molecule has 2 aromatic heterocycles. The van der Waals surface area contributed by atoms with Gasteiger partial charge < -0.3 is 10.0 Å². The van der Waals surface area contributed by atoms with Crippen LogP contribution < -0.4 is 0 Å². The van der Waals surface area contributed by atoms with E-state index < -0.39 is 64.8 Å². The number of hydrogen-bond acceptors (Lipinski definition) is 5. The van der Waals surface area contributed by atoms with Crippen LogP contribution in [0.3, 0.4) is 0 Å². The Balaban J connectivity index is 1.72. The van der Waals surface area contributed by atoms with Crippen LogP contribution in [0.5, 0.6) is 0 Å². The van der Waals surface area contributed by atoms with Crippen molar-refractivity contribution in [1.29, 1.82) is 0 Å². The lowest BCUT2D eigenvalue weighted by atomic mass is 9.57. The average molecular weight is 593 g/mol. The fourth-order valence-corrected chi connectivity index (χ4v) is 6.27. The Morgan fingerprint density at radius 3 is 2.00 bits per heavy atom. The zero-order valence-electron chi connectivity index (χ0n) is 21.1. The molecule has 14 heteroatoms. The van der Waals surface area contributed by atoms with Gasteiger partial charge in [-0.2, -0.15) is 18.3 Å². The summed E-state index contributed by atoms with van der Waals surface area (Å²) < 4.78 is 59.0. The first-order valence-corrected chi connectivity index (χ1v) is 12.9. The van der Waals surface area contributed by atoms with E-state index in [0.29, 0.717) is 4.90 Å². The quantitative estimate of drug-likeness (QED) is 0.306. The molecular formula is C25H26Cl2F4N4O4. The average Bonchev–Trinajstić information content (AvgIpc) is 3.30. The predicted molar refractivity (Wildman–Crippen MR) is 133 cm³/mol. The molecule has 2 aromatic rings. The Morgan fingerprint density at radius 2 is 1.54 bits per heavy atom. The second-order valence-corrected chi connectivity index (χ2v) is 11.7. The summed E-state index contributed by atoms with van der Waals surface area (Å²) in [5.74, 6) is -3.02. The number of pyridine rings is 1. The van der Waals surface area contributed by atoms with E-state index in [0.717, 1.165) is 37.1 Å². The number of aliphatic carboxylic acids is 1. The second-order valence-electron chi connectivity index (χ2n) is 10.9. The lowest BCUT2D eigenvalue weighted by Gasteiger charge is -2.51. The van der Waals surface area contributed by atoms with Crippen LogP contribution in [0.2, 0.25) is 10.0 Å². The summed E-state index contributed by atoms with van der Waals surface area (Å²) in [7, 11) is 0. The number of hydrogen-bond donors (Lipinski definition) is 1. The van der Waals surface area contributed by atoms with Crippen molar-refractivity contribution in [1.82, 2.24) is 19.7 Å². The molecule has 8 nitrogen and oxygen atoms in total. The number of halogens is 6. The number of ketones is 1. The third kappa shape index (κ3) is 5.50. The normalized spacial score (nSPS) is 23.1. The fourth-order valence-electron chi connectivity index (χ4n) is 5.70. The minimum atomic E-state index is -5.02. The highest BCUT2D eigenvalue weighted by molar-refractivity contribution is 6.39. The number of amides is 1. The lowest BCUT2D eigenvalue weighted by molar-refractivity contribution is -0.163. The standard InChI is InChI=1S/C25H26Cl2F4N4O4/c1-22(2,28)13-34(12-17(36)18-15(26)10-32-11-16(18)27)20(37)14-9-33-35(19(14)25(29,30)31)24-6-3-23(4-7-24,5-8-24)21(38)39/h9-11H,3-8,12-13H2,1-2H3,(H,38,39). The largest absolute Gasteiger partial charge is 0.481 e. The molecular weight excluding hydrogens is 567 g/mol. The Labute approximate surface area is 231 Å². The van der Waals surface area contributed by atoms with Gasteiger partial charge in [0.05, 0.1) is 51.4 Å². The number of aromatic nitrogens is 3. The van der Waals surface area contributed by atoms with Crippen LogP contribution in [0, 0.1) is 5.41 Å². The highest BCUT2D eigenvalue weighted by atomic mass is 35.5. The molecule has 3 fully saturated rings. The van der Waals surface area contributed by atoms with Crippen molar-refractivity contribution < 1.29 is 37.1 Å². The number of carboxylic acid groups (broad SMARTS) is 1. The first-order valence-electron chi connectivity index (χ1n) is 12.2. The zero-order chi connectivity index (χ0) is 29.0. The van der Waals surface area contributed by atoms with E-state index >= 15 is 0 Å². The molecule has 0 aliphatic heterocycles. The van der Waals surface area contributed by atoms with Crippen molar-refractivity contribution in [3.63, 3.8) is 0 Å². The molecule has 39 heavy (non-hydrogen) atoms. The Bertz CT molecular complexity index is 1280. The van der Waals surface area contributed by atoms with Crippen molar-refractivity contribution in [2.24, 2.45) is 5.41 Å². The SMILES string of the molecule is CC(C)(F)CN(CC(=O)c1c(Cl)cncc1Cl)C(=O)c1cnn(C23CCC(C(=O)O)(CC2)CC3)c1C(F)(F)F. The summed E-state index contributed by atoms with van der Waals surface area (Å²) in [5, 5.41) is 13.4. The van der Waals surface area contributed by atoms with Gasteiger partial charge in [0.1, 0.15) is 5.67 Å². The number of carboxylic acids is 1. The third-order valence-corrected chi connectivity index (χ3v) is 8.27. The minimum Gasteiger partial charge on any atom is -0.481 e. The molecule has 3 aliphatic rings. The van der Waals surface area contributed by atoms with E-state index in [1.54, 1.807) is 0 Å². The second kappa shape index (κ2) is 10.0. The molecule has 2 bridgehead atoms. The van der Waals surface area contributed by atoms with Gasteiger partial charge in [-0.1, -0.05) is 23.2 Å². The number of alkyl halides is 4. The Hall–Kier alpha value is -2.73. The number of carbonyl (C=O) groups is 3. The van der Waals surface area contributed by atoms with E-state index in [4.69, 9.17) is 23.2 Å². The maximum Gasteiger partial charge on any atom is 0.433 e. The molecule has 0 spiro atoms. The number of nitrogens with zero attached hydrogens (tertiary/aromatic N) is 4. The van der Waals surface area contributed by atoms with E-state index in [1.165, 1.54) is 0 Å². The highest BCUT2D eigenvalue weighted by Crippen LogP contribution is 2.56. The third-order valence-electron chi connectivity index (χ3n) is 7.70. The predicted octanol–water partition coefficient (Wildman–Crippen LogP) is 5.81. The summed E-state index contributed by atoms with van der Waals surface area (Å²) >= 11 is 12.1. The first-order chi connectivity index (χ1) is 18.0. The van der Waals surface area contributed by atoms with Gasteiger partial charge in [0.15, 0.2) is 11.5 Å². The molecule has 5 rings (SSSR count). The maximum absolute atomic E-state index is 14.7. The molecule has 3 saturated carbocycles. The van der Waals surface area contributed by atoms with Crippen LogP contribution in [0.15, 0.2) is 18.6 Å². The zero-order valence-corrected chi connectivity index (χ0v) is 22.6. The van der Waals surface area contributed by atoms with Gasteiger partial charge in [0, 0.05) is 12.4 Å². The van der Waals surface area contributed by atoms with Crippen LogP contribution in [-0.4, -0.2) is 61.2 Å². The molecule has 0 atom stereocenters. The molecule has 0 unspecified atom stereocenters. The van der Waals surface area contributed by atoms with Gasteiger partial charge in [-0.3, -0.25) is 24.0 Å². The van der Waals surface area contributed by atoms with Crippen molar-refractivity contribution in [2.75, 3.05) is 13.1 Å². The van der Waals surface area contributed by atoms with E-state index in [-0.39, 0.29) is 54.1 Å². The molecule has 0 saturated heterocycles. The fraction of sp³-hybridized carbons (Fsp3) is 0.560. The van der Waals surface area contributed by atoms with E-state index in [2.05, 4.69) is 10.1 Å². The molecule has 0 radical (unpaired) electrons. The summed E-state index contributed by atoms with van der Waals surface area (Å²) in [4.78, 5) is 42.8. The highest BCUT2D eigenvalue weighted by Gasteiger charge is 2.56. The van der Waals surface area contributed by atoms with Gasteiger partial charge in [0.2, 0.25) is 0 Å². The van der Waals surface area contributed by atoms with Crippen LogP contribution >= 0.6 is 23.2 Å². The van der Waals surface area contributed by atoms with Gasteiger partial charge in [0.25, 0.3) is 5.91 Å². The van der Waals surface area contributed by atoms with Crippen molar-refractivity contribution in [3.8, 4) is 0 Å². The molecule has 3 aliphatic carbocycles. The van der Waals surface area contributed by atoms with Crippen LogP contribution in [0.4, 0.5) is 17.6 Å². The Kier molecular flexibility index (Phi) is 7.52. The summed E-state index contributed by atoms with van der Waals surface area (Å²) in [6.07, 6.45) is -0.943. The topological polar surface area (TPSA) is 105 Å². The number of Topliss-reactive ketones (excluding diaryl/α,β-unsaturated/α-hetero) is 1. The number of rotatable bonds is 8. The number of fused-ring (bicyclic) bond motifs is 3.